The van der Waals surface area contributed by atoms with Crippen molar-refractivity contribution in [2.75, 3.05) is 26.1 Å². The van der Waals surface area contributed by atoms with E-state index in [2.05, 4.69) is 20.6 Å². The van der Waals surface area contributed by atoms with Crippen LogP contribution in [0.3, 0.4) is 0 Å². The molecule has 0 radical (unpaired) electrons. The van der Waals surface area contributed by atoms with Gasteiger partial charge in [0.1, 0.15) is 0 Å². The van der Waals surface area contributed by atoms with E-state index in [4.69, 9.17) is 9.47 Å². The van der Waals surface area contributed by atoms with Crippen LogP contribution in [0.1, 0.15) is 20.3 Å². The fourth-order valence-electron chi connectivity index (χ4n) is 1.54. The average Bonchev–Trinajstić information content (AvgIpc) is 2.38. The number of rotatable bonds is 7. The number of aromatic nitrogens is 2. The highest BCUT2D eigenvalue weighted by molar-refractivity contribution is 5.89. The van der Waals surface area contributed by atoms with Gasteiger partial charge in [0, 0.05) is 12.5 Å². The number of hydrogen-bond donors (Lipinski definition) is 2. The summed E-state index contributed by atoms with van der Waals surface area (Å²) in [7, 11) is 2.97. The van der Waals surface area contributed by atoms with Crippen molar-refractivity contribution in [2.24, 2.45) is 0 Å². The summed E-state index contributed by atoms with van der Waals surface area (Å²) in [6.45, 7) is 4.75. The first-order valence-corrected chi connectivity index (χ1v) is 6.09. The van der Waals surface area contributed by atoms with E-state index in [0.29, 0.717) is 18.2 Å². The molecule has 1 unspecified atom stereocenters. The van der Waals surface area contributed by atoms with Crippen LogP contribution in [0.15, 0.2) is 6.07 Å². The first-order valence-electron chi connectivity index (χ1n) is 6.09. The molecule has 7 heteroatoms. The summed E-state index contributed by atoms with van der Waals surface area (Å²) in [5.41, 5.74) is 0. The van der Waals surface area contributed by atoms with Gasteiger partial charge in [-0.15, -0.1) is 0 Å². The minimum absolute atomic E-state index is 0.0949. The normalized spacial score (nSPS) is 11.8. The Morgan fingerprint density at radius 3 is 2.37 bits per heavy atom. The lowest BCUT2D eigenvalue weighted by Gasteiger charge is -2.12. The Morgan fingerprint density at radius 2 is 1.89 bits per heavy atom. The van der Waals surface area contributed by atoms with E-state index in [1.54, 1.807) is 0 Å². The van der Waals surface area contributed by atoms with E-state index in [1.165, 1.54) is 20.3 Å². The molecule has 1 amide bonds. The number of methoxy groups -OCH3 is 2. The van der Waals surface area contributed by atoms with E-state index in [-0.39, 0.29) is 17.9 Å². The van der Waals surface area contributed by atoms with Crippen LogP contribution < -0.4 is 20.1 Å². The zero-order valence-electron chi connectivity index (χ0n) is 11.7. The van der Waals surface area contributed by atoms with Crippen LogP contribution in [0.2, 0.25) is 0 Å². The summed E-state index contributed by atoms with van der Waals surface area (Å²) in [6, 6.07) is 1.63. The number of ether oxygens (including phenoxy) is 2. The molecule has 0 saturated carbocycles. The summed E-state index contributed by atoms with van der Waals surface area (Å²) in [5.74, 6) is 0.678. The van der Waals surface area contributed by atoms with Crippen molar-refractivity contribution >= 4 is 11.9 Å². The molecule has 0 aliphatic carbocycles. The van der Waals surface area contributed by atoms with Gasteiger partial charge >= 0.3 is 0 Å². The fourth-order valence-corrected chi connectivity index (χ4v) is 1.54. The van der Waals surface area contributed by atoms with Gasteiger partial charge in [-0.3, -0.25) is 10.1 Å². The number of carbonyl (C=O) groups is 1. The molecule has 0 fully saturated rings. The van der Waals surface area contributed by atoms with Gasteiger partial charge in [-0.2, -0.15) is 9.97 Å². The molecule has 0 bridgehead atoms. The minimum Gasteiger partial charge on any atom is -0.481 e. The second-order valence-corrected chi connectivity index (χ2v) is 3.99. The zero-order valence-corrected chi connectivity index (χ0v) is 11.7. The van der Waals surface area contributed by atoms with Gasteiger partial charge in [0.25, 0.3) is 0 Å². The van der Waals surface area contributed by atoms with Gasteiger partial charge in [0.05, 0.1) is 20.3 Å². The number of hydrogen-bond acceptors (Lipinski definition) is 6. The number of anilines is 1. The maximum Gasteiger partial charge on any atom is 0.236 e. The van der Waals surface area contributed by atoms with Crippen molar-refractivity contribution in [3.8, 4) is 11.8 Å². The van der Waals surface area contributed by atoms with Crippen molar-refractivity contribution in [3.05, 3.63) is 6.07 Å². The number of carbonyl (C=O) groups excluding carboxylic acids is 1. The smallest absolute Gasteiger partial charge is 0.236 e. The van der Waals surface area contributed by atoms with Gasteiger partial charge in [0.2, 0.25) is 23.6 Å². The lowest BCUT2D eigenvalue weighted by Crippen LogP contribution is -2.30. The van der Waals surface area contributed by atoms with Gasteiger partial charge in [0.15, 0.2) is 0 Å². The molecule has 1 rings (SSSR count). The molecule has 1 aromatic heterocycles. The van der Waals surface area contributed by atoms with E-state index in [0.717, 1.165) is 6.54 Å². The third-order valence-electron chi connectivity index (χ3n) is 2.39. The van der Waals surface area contributed by atoms with Crippen molar-refractivity contribution < 1.29 is 14.3 Å². The fraction of sp³-hybridized carbons (Fsp3) is 0.583. The second-order valence-electron chi connectivity index (χ2n) is 3.99. The Balaban J connectivity index is 2.67. The van der Waals surface area contributed by atoms with Crippen LogP contribution in [0, 0.1) is 0 Å². The second kappa shape index (κ2) is 7.52. The molecular formula is C12H20N4O3. The van der Waals surface area contributed by atoms with Crippen LogP contribution in [0.4, 0.5) is 5.95 Å². The first kappa shape index (κ1) is 15.2. The molecule has 0 aliphatic heterocycles. The molecule has 1 heterocycles. The SMILES string of the molecule is CCNC(C)CC(=O)Nc1nc(OC)cc(OC)n1. The van der Waals surface area contributed by atoms with Gasteiger partial charge < -0.3 is 14.8 Å². The highest BCUT2D eigenvalue weighted by atomic mass is 16.5. The molecule has 1 aromatic rings. The first-order chi connectivity index (χ1) is 9.08. The quantitative estimate of drug-likeness (QED) is 0.761. The standard InChI is InChI=1S/C12H20N4O3/c1-5-13-8(2)6-9(17)14-12-15-10(18-3)7-11(16-12)19-4/h7-8,13H,5-6H2,1-4H3,(H,14,15,16,17). The summed E-state index contributed by atoms with van der Waals surface area (Å²) in [6.07, 6.45) is 0.344. The highest BCUT2D eigenvalue weighted by Crippen LogP contribution is 2.17. The van der Waals surface area contributed by atoms with Crippen LogP contribution in [0.25, 0.3) is 0 Å². The maximum atomic E-state index is 11.8. The topological polar surface area (TPSA) is 85.4 Å². The summed E-state index contributed by atoms with van der Waals surface area (Å²) in [4.78, 5) is 19.8. The Hall–Kier alpha value is -1.89. The van der Waals surface area contributed by atoms with Crippen molar-refractivity contribution in [1.82, 2.24) is 15.3 Å². The third-order valence-corrected chi connectivity index (χ3v) is 2.39. The number of nitrogens with one attached hydrogen (secondary N) is 2. The Kier molecular flexibility index (Phi) is 6.01. The molecular weight excluding hydrogens is 248 g/mol. The van der Waals surface area contributed by atoms with Gasteiger partial charge in [-0.25, -0.2) is 0 Å². The van der Waals surface area contributed by atoms with Crippen LogP contribution in [0.5, 0.6) is 11.8 Å². The Labute approximate surface area is 112 Å². The molecule has 0 saturated heterocycles. The lowest BCUT2D eigenvalue weighted by molar-refractivity contribution is -0.116. The summed E-state index contributed by atoms with van der Waals surface area (Å²) < 4.78 is 10.0. The van der Waals surface area contributed by atoms with Crippen molar-refractivity contribution in [3.63, 3.8) is 0 Å². The third kappa shape index (κ3) is 5.09. The Morgan fingerprint density at radius 1 is 1.32 bits per heavy atom. The van der Waals surface area contributed by atoms with Crippen LogP contribution in [-0.4, -0.2) is 42.7 Å². The highest BCUT2D eigenvalue weighted by Gasteiger charge is 2.11. The molecule has 1 atom stereocenters. The molecule has 2 N–H and O–H groups in total. The Bertz CT molecular complexity index is 403. The number of nitrogens with zero attached hydrogens (tertiary/aromatic N) is 2. The molecule has 0 aliphatic rings. The van der Waals surface area contributed by atoms with Crippen LogP contribution in [-0.2, 0) is 4.79 Å². The molecule has 0 spiro atoms. The summed E-state index contributed by atoms with van der Waals surface area (Å²) in [5, 5.41) is 5.78. The van der Waals surface area contributed by atoms with E-state index in [9.17, 15) is 4.79 Å². The molecule has 7 nitrogen and oxygen atoms in total. The van der Waals surface area contributed by atoms with Crippen LogP contribution >= 0.6 is 0 Å². The molecule has 0 aromatic carbocycles. The van der Waals surface area contributed by atoms with Gasteiger partial charge in [-0.05, 0) is 13.5 Å². The van der Waals surface area contributed by atoms with Gasteiger partial charge in [-0.1, -0.05) is 6.92 Å². The predicted octanol–water partition coefficient (Wildman–Crippen LogP) is 0.820. The average molecular weight is 268 g/mol. The van der Waals surface area contributed by atoms with Crippen molar-refractivity contribution in [2.45, 2.75) is 26.3 Å². The molecule has 19 heavy (non-hydrogen) atoms. The van der Waals surface area contributed by atoms with E-state index < -0.39 is 0 Å². The maximum absolute atomic E-state index is 11.8. The van der Waals surface area contributed by atoms with E-state index >= 15 is 0 Å². The minimum atomic E-state index is -0.163. The predicted molar refractivity (Wildman–Crippen MR) is 71.5 cm³/mol. The zero-order chi connectivity index (χ0) is 14.3. The summed E-state index contributed by atoms with van der Waals surface area (Å²) >= 11 is 0. The van der Waals surface area contributed by atoms with E-state index in [1.807, 2.05) is 13.8 Å². The lowest BCUT2D eigenvalue weighted by atomic mass is 10.2. The molecule has 106 valence electrons. The van der Waals surface area contributed by atoms with Crippen molar-refractivity contribution in [1.29, 1.82) is 0 Å². The number of amides is 1. The largest absolute Gasteiger partial charge is 0.481 e. The monoisotopic (exact) mass is 268 g/mol.